The van der Waals surface area contributed by atoms with Gasteiger partial charge in [-0.15, -0.1) is 6.58 Å². The number of nitrogens with zero attached hydrogens (tertiary/aromatic N) is 1. The Hall–Kier alpha value is -1.16. The molecule has 4 heteroatoms. The molecule has 0 aromatic heterocycles. The second kappa shape index (κ2) is 2.92. The number of imide groups is 1. The maximum Gasteiger partial charge on any atom is 0.236 e. The van der Waals surface area contributed by atoms with Gasteiger partial charge in [0.25, 0.3) is 0 Å². The van der Waals surface area contributed by atoms with Crippen LogP contribution in [0.2, 0.25) is 0 Å². The quantitative estimate of drug-likeness (QED) is 0.484. The third-order valence-corrected chi connectivity index (χ3v) is 3.69. The number of likely N-dealkylation sites (tertiary alicyclic amines) is 1. The number of amides is 2. The van der Waals surface area contributed by atoms with Crippen molar-refractivity contribution in [1.82, 2.24) is 4.90 Å². The fraction of sp³-hybridized carbons (Fsp3) is 0.636. The Labute approximate surface area is 87.9 Å². The summed E-state index contributed by atoms with van der Waals surface area (Å²) in [6.07, 6.45) is 3.43. The highest BCUT2D eigenvalue weighted by Gasteiger charge is 2.61. The van der Waals surface area contributed by atoms with Gasteiger partial charge in [-0.05, 0) is 12.8 Å². The van der Waals surface area contributed by atoms with Gasteiger partial charge in [-0.3, -0.25) is 14.5 Å². The molecule has 0 N–H and O–H groups in total. The molecule has 3 rings (SSSR count). The fourth-order valence-corrected chi connectivity index (χ4v) is 3.08. The van der Waals surface area contributed by atoms with Crippen LogP contribution in [0, 0.1) is 11.8 Å². The van der Waals surface area contributed by atoms with E-state index in [0.717, 1.165) is 12.8 Å². The van der Waals surface area contributed by atoms with Gasteiger partial charge < -0.3 is 4.74 Å². The minimum atomic E-state index is -0.198. The van der Waals surface area contributed by atoms with E-state index in [4.69, 9.17) is 4.74 Å². The van der Waals surface area contributed by atoms with Crippen LogP contribution in [-0.2, 0) is 14.3 Å². The van der Waals surface area contributed by atoms with Crippen molar-refractivity contribution in [1.29, 1.82) is 0 Å². The van der Waals surface area contributed by atoms with Crippen molar-refractivity contribution in [3.8, 4) is 0 Å². The van der Waals surface area contributed by atoms with E-state index in [1.54, 1.807) is 6.08 Å². The molecule has 0 radical (unpaired) electrons. The van der Waals surface area contributed by atoms with Crippen LogP contribution in [0.4, 0.5) is 0 Å². The molecule has 3 fully saturated rings. The zero-order chi connectivity index (χ0) is 10.6. The van der Waals surface area contributed by atoms with E-state index in [2.05, 4.69) is 6.58 Å². The third kappa shape index (κ3) is 1.00. The summed E-state index contributed by atoms with van der Waals surface area (Å²) in [4.78, 5) is 25.2. The monoisotopic (exact) mass is 207 g/mol. The number of carbonyl (C=O) groups is 2. The number of hydrogen-bond acceptors (Lipinski definition) is 3. The number of ether oxygens (including phenoxy) is 1. The van der Waals surface area contributed by atoms with Gasteiger partial charge in [0.15, 0.2) is 0 Å². The summed E-state index contributed by atoms with van der Waals surface area (Å²) < 4.78 is 5.61. The summed E-state index contributed by atoms with van der Waals surface area (Å²) in [6.45, 7) is 3.90. The van der Waals surface area contributed by atoms with Crippen LogP contribution in [0.1, 0.15) is 12.8 Å². The van der Waals surface area contributed by atoms with Gasteiger partial charge >= 0.3 is 0 Å². The first kappa shape index (κ1) is 9.09. The highest BCUT2D eigenvalue weighted by Crippen LogP contribution is 2.48. The molecule has 0 unspecified atom stereocenters. The molecule has 0 aromatic rings. The summed E-state index contributed by atoms with van der Waals surface area (Å²) in [7, 11) is 0. The van der Waals surface area contributed by atoms with Crippen molar-refractivity contribution in [2.45, 2.75) is 25.0 Å². The van der Waals surface area contributed by atoms with Crippen LogP contribution in [0.3, 0.4) is 0 Å². The Bertz CT molecular complexity index is 324. The standard InChI is InChI=1S/C11H13NO3/c1-2-5-12-10(13)8-6-3-4-7(15-6)9(8)11(12)14/h2,6-9H,1,3-5H2/t6-,7-,8+,9+/m1/s1. The molecule has 0 aromatic carbocycles. The number of hydrogen-bond donors (Lipinski definition) is 0. The van der Waals surface area contributed by atoms with E-state index >= 15 is 0 Å². The van der Waals surface area contributed by atoms with Crippen LogP contribution in [0.25, 0.3) is 0 Å². The predicted molar refractivity (Wildman–Crippen MR) is 51.8 cm³/mol. The lowest BCUT2D eigenvalue weighted by Crippen LogP contribution is -2.34. The Morgan fingerprint density at radius 2 is 1.80 bits per heavy atom. The Morgan fingerprint density at radius 3 is 2.27 bits per heavy atom. The van der Waals surface area contributed by atoms with Crippen molar-refractivity contribution in [2.75, 3.05) is 6.54 Å². The Morgan fingerprint density at radius 1 is 1.27 bits per heavy atom. The maximum absolute atomic E-state index is 12.0. The first-order chi connectivity index (χ1) is 7.24. The van der Waals surface area contributed by atoms with Crippen molar-refractivity contribution in [3.05, 3.63) is 12.7 Å². The van der Waals surface area contributed by atoms with Crippen LogP contribution in [0.5, 0.6) is 0 Å². The average Bonchev–Trinajstić information content (AvgIpc) is 2.87. The number of fused-ring (bicyclic) bond motifs is 5. The molecular formula is C11H13NO3. The van der Waals surface area contributed by atoms with Gasteiger partial charge in [-0.2, -0.15) is 0 Å². The first-order valence-corrected chi connectivity index (χ1v) is 5.35. The normalized spacial score (nSPS) is 42.5. The van der Waals surface area contributed by atoms with Crippen LogP contribution in [0.15, 0.2) is 12.7 Å². The van der Waals surface area contributed by atoms with E-state index in [1.807, 2.05) is 0 Å². The molecule has 3 aliphatic rings. The molecule has 4 nitrogen and oxygen atoms in total. The molecular weight excluding hydrogens is 194 g/mol. The van der Waals surface area contributed by atoms with Crippen molar-refractivity contribution in [2.24, 2.45) is 11.8 Å². The van der Waals surface area contributed by atoms with Gasteiger partial charge in [-0.25, -0.2) is 0 Å². The average molecular weight is 207 g/mol. The minimum absolute atomic E-state index is 0.00809. The molecule has 2 bridgehead atoms. The van der Waals surface area contributed by atoms with Crippen molar-refractivity contribution >= 4 is 11.8 Å². The largest absolute Gasteiger partial charge is 0.373 e. The predicted octanol–water partition coefficient (Wildman–Crippen LogP) is 0.335. The molecule has 3 saturated heterocycles. The summed E-state index contributed by atoms with van der Waals surface area (Å²) >= 11 is 0. The Balaban J connectivity index is 1.93. The van der Waals surface area contributed by atoms with Gasteiger partial charge in [0, 0.05) is 6.54 Å². The lowest BCUT2D eigenvalue weighted by atomic mass is 9.81. The van der Waals surface area contributed by atoms with Gasteiger partial charge in [0.1, 0.15) is 0 Å². The molecule has 3 heterocycles. The summed E-state index contributed by atoms with van der Waals surface area (Å²) in [5.74, 6) is -0.512. The number of carbonyl (C=O) groups excluding carboxylic acids is 2. The molecule has 3 aliphatic heterocycles. The zero-order valence-corrected chi connectivity index (χ0v) is 8.39. The van der Waals surface area contributed by atoms with E-state index in [9.17, 15) is 9.59 Å². The summed E-state index contributed by atoms with van der Waals surface area (Å²) in [5.41, 5.74) is 0. The van der Waals surface area contributed by atoms with Crippen LogP contribution < -0.4 is 0 Å². The molecule has 2 amide bonds. The fourth-order valence-electron chi connectivity index (χ4n) is 3.08. The highest BCUT2D eigenvalue weighted by molar-refractivity contribution is 6.06. The second-order valence-corrected chi connectivity index (χ2v) is 4.42. The topological polar surface area (TPSA) is 46.6 Å². The van der Waals surface area contributed by atoms with Crippen molar-refractivity contribution in [3.63, 3.8) is 0 Å². The second-order valence-electron chi connectivity index (χ2n) is 4.42. The van der Waals surface area contributed by atoms with E-state index in [0.29, 0.717) is 6.54 Å². The smallest absolute Gasteiger partial charge is 0.236 e. The summed E-state index contributed by atoms with van der Waals surface area (Å²) in [6, 6.07) is 0. The minimum Gasteiger partial charge on any atom is -0.373 e. The molecule has 0 aliphatic carbocycles. The third-order valence-electron chi connectivity index (χ3n) is 3.69. The molecule has 0 spiro atoms. The lowest BCUT2D eigenvalue weighted by Gasteiger charge is -2.15. The zero-order valence-electron chi connectivity index (χ0n) is 8.39. The van der Waals surface area contributed by atoms with E-state index < -0.39 is 0 Å². The van der Waals surface area contributed by atoms with Crippen molar-refractivity contribution < 1.29 is 14.3 Å². The summed E-state index contributed by atoms with van der Waals surface area (Å²) in [5, 5.41) is 0. The number of rotatable bonds is 2. The van der Waals surface area contributed by atoms with Gasteiger partial charge in [0.2, 0.25) is 11.8 Å². The maximum atomic E-state index is 12.0. The van der Waals surface area contributed by atoms with Gasteiger partial charge in [0.05, 0.1) is 24.0 Å². The Kier molecular flexibility index (Phi) is 1.77. The SMILES string of the molecule is C=CCN1C(=O)[C@@H]2[C@@H](C1=O)[C@H]1CC[C@H]2O1. The first-order valence-electron chi connectivity index (χ1n) is 5.35. The molecule has 0 saturated carbocycles. The van der Waals surface area contributed by atoms with E-state index in [-0.39, 0.29) is 35.9 Å². The highest BCUT2D eigenvalue weighted by atomic mass is 16.5. The van der Waals surface area contributed by atoms with Crippen LogP contribution >= 0.6 is 0 Å². The molecule has 15 heavy (non-hydrogen) atoms. The van der Waals surface area contributed by atoms with Crippen LogP contribution in [-0.4, -0.2) is 35.5 Å². The molecule has 80 valence electrons. The molecule has 4 atom stereocenters. The van der Waals surface area contributed by atoms with Gasteiger partial charge in [-0.1, -0.05) is 6.08 Å². The van der Waals surface area contributed by atoms with E-state index in [1.165, 1.54) is 4.90 Å². The lowest BCUT2D eigenvalue weighted by molar-refractivity contribution is -0.141.